The molecule has 0 radical (unpaired) electrons. The number of pyridine rings is 1. The van der Waals surface area contributed by atoms with E-state index in [0.717, 1.165) is 3.57 Å². The molecule has 0 bridgehead atoms. The Morgan fingerprint density at radius 3 is 3.07 bits per heavy atom. The average molecular weight is 318 g/mol. The number of ether oxygens (including phenoxy) is 1. The van der Waals surface area contributed by atoms with Crippen molar-refractivity contribution < 1.29 is 9.53 Å². The number of morpholine rings is 1. The maximum absolute atomic E-state index is 11.6. The molecule has 1 aliphatic rings. The van der Waals surface area contributed by atoms with E-state index in [1.165, 1.54) is 0 Å². The van der Waals surface area contributed by atoms with Crippen LogP contribution >= 0.6 is 22.6 Å². The Hall–Kier alpha value is -0.690. The number of carbonyl (C=O) groups excluding carboxylic acids is 1. The molecule has 0 aliphatic carbocycles. The second-order valence-corrected chi connectivity index (χ2v) is 4.71. The van der Waals surface area contributed by atoms with Gasteiger partial charge < -0.3 is 4.74 Å². The number of hydrogen-bond acceptors (Lipinski definition) is 3. The minimum Gasteiger partial charge on any atom is -0.367 e. The van der Waals surface area contributed by atoms with Gasteiger partial charge in [0.2, 0.25) is 0 Å². The van der Waals surface area contributed by atoms with E-state index < -0.39 is 0 Å². The third-order valence-electron chi connectivity index (χ3n) is 2.22. The first-order valence-corrected chi connectivity index (χ1v) is 5.78. The fourth-order valence-electron chi connectivity index (χ4n) is 1.45. The van der Waals surface area contributed by atoms with Gasteiger partial charge in [0.1, 0.15) is 12.4 Å². The molecule has 1 fully saturated rings. The van der Waals surface area contributed by atoms with Crippen molar-refractivity contribution in [1.82, 2.24) is 4.98 Å². The minimum absolute atomic E-state index is 0.0261. The van der Waals surface area contributed by atoms with Crippen molar-refractivity contribution in [2.45, 2.75) is 13.0 Å². The van der Waals surface area contributed by atoms with E-state index in [-0.39, 0.29) is 18.6 Å². The molecule has 80 valence electrons. The summed E-state index contributed by atoms with van der Waals surface area (Å²) in [5.74, 6) is 0.678. The zero-order chi connectivity index (χ0) is 10.8. The second-order valence-electron chi connectivity index (χ2n) is 3.46. The molecule has 1 saturated heterocycles. The van der Waals surface area contributed by atoms with Crippen molar-refractivity contribution in [3.63, 3.8) is 0 Å². The highest BCUT2D eigenvalue weighted by Crippen LogP contribution is 2.16. The van der Waals surface area contributed by atoms with Crippen molar-refractivity contribution in [1.29, 1.82) is 0 Å². The van der Waals surface area contributed by atoms with E-state index >= 15 is 0 Å². The molecule has 1 aromatic heterocycles. The summed E-state index contributed by atoms with van der Waals surface area (Å²) >= 11 is 2.19. The Balaban J connectivity index is 2.21. The fourth-order valence-corrected chi connectivity index (χ4v) is 1.77. The molecule has 0 aromatic carbocycles. The quantitative estimate of drug-likeness (QED) is 0.736. The molecule has 1 atom stereocenters. The Morgan fingerprint density at radius 1 is 1.60 bits per heavy atom. The Bertz CT molecular complexity index is 366. The number of rotatable bonds is 1. The molecule has 0 saturated carbocycles. The molecular weight excluding hydrogens is 307 g/mol. The molecule has 0 spiro atoms. The summed E-state index contributed by atoms with van der Waals surface area (Å²) in [5.41, 5.74) is 0. The lowest BCUT2D eigenvalue weighted by atomic mass is 10.3. The van der Waals surface area contributed by atoms with Gasteiger partial charge in [-0.1, -0.05) is 0 Å². The maximum atomic E-state index is 11.6. The minimum atomic E-state index is -0.0261. The Labute approximate surface area is 102 Å². The molecule has 4 nitrogen and oxygen atoms in total. The lowest BCUT2D eigenvalue weighted by Gasteiger charge is -2.30. The van der Waals surface area contributed by atoms with Gasteiger partial charge in [0.25, 0.3) is 5.91 Å². The first kappa shape index (κ1) is 10.8. The van der Waals surface area contributed by atoms with Gasteiger partial charge in [0.15, 0.2) is 0 Å². The average Bonchev–Trinajstić information content (AvgIpc) is 2.23. The van der Waals surface area contributed by atoms with Gasteiger partial charge >= 0.3 is 0 Å². The molecule has 1 unspecified atom stereocenters. The van der Waals surface area contributed by atoms with Crippen LogP contribution in [0, 0.1) is 3.57 Å². The largest absolute Gasteiger partial charge is 0.367 e. The van der Waals surface area contributed by atoms with Gasteiger partial charge in [-0.3, -0.25) is 9.69 Å². The zero-order valence-electron chi connectivity index (χ0n) is 8.31. The summed E-state index contributed by atoms with van der Waals surface area (Å²) < 4.78 is 6.31. The highest BCUT2D eigenvalue weighted by molar-refractivity contribution is 14.1. The highest BCUT2D eigenvalue weighted by atomic mass is 127. The van der Waals surface area contributed by atoms with E-state index in [9.17, 15) is 4.79 Å². The molecule has 1 aromatic rings. The van der Waals surface area contributed by atoms with Gasteiger partial charge in [-0.2, -0.15) is 0 Å². The van der Waals surface area contributed by atoms with Gasteiger partial charge in [-0.05, 0) is 41.6 Å². The molecule has 15 heavy (non-hydrogen) atoms. The maximum Gasteiger partial charge on any atom is 0.254 e. The van der Waals surface area contributed by atoms with E-state index in [2.05, 4.69) is 27.6 Å². The topological polar surface area (TPSA) is 42.4 Å². The van der Waals surface area contributed by atoms with Gasteiger partial charge in [-0.15, -0.1) is 0 Å². The van der Waals surface area contributed by atoms with E-state index in [1.807, 2.05) is 19.1 Å². The molecule has 2 heterocycles. The van der Waals surface area contributed by atoms with Crippen LogP contribution in [0.3, 0.4) is 0 Å². The van der Waals surface area contributed by atoms with Crippen LogP contribution in [0.25, 0.3) is 0 Å². The van der Waals surface area contributed by atoms with Crippen LogP contribution in [0.1, 0.15) is 6.92 Å². The summed E-state index contributed by atoms with van der Waals surface area (Å²) in [7, 11) is 0. The summed E-state index contributed by atoms with van der Waals surface area (Å²) in [5, 5.41) is 0. The number of anilines is 1. The zero-order valence-corrected chi connectivity index (χ0v) is 10.5. The summed E-state index contributed by atoms with van der Waals surface area (Å²) in [6, 6.07) is 3.80. The lowest BCUT2D eigenvalue weighted by Crippen LogP contribution is -2.46. The number of aromatic nitrogens is 1. The van der Waals surface area contributed by atoms with Crippen molar-refractivity contribution in [2.75, 3.05) is 18.1 Å². The third-order valence-corrected chi connectivity index (χ3v) is 2.86. The van der Waals surface area contributed by atoms with Crippen LogP contribution in [-0.2, 0) is 9.53 Å². The number of carbonyl (C=O) groups is 1. The lowest BCUT2D eigenvalue weighted by molar-refractivity contribution is -0.128. The van der Waals surface area contributed by atoms with Crippen LogP contribution in [0.2, 0.25) is 0 Å². The number of halogens is 1. The second kappa shape index (κ2) is 4.44. The van der Waals surface area contributed by atoms with Crippen molar-refractivity contribution in [3.8, 4) is 0 Å². The number of nitrogens with zero attached hydrogens (tertiary/aromatic N) is 2. The van der Waals surface area contributed by atoms with Crippen molar-refractivity contribution in [3.05, 3.63) is 21.9 Å². The number of amides is 1. The van der Waals surface area contributed by atoms with Gasteiger partial charge in [-0.25, -0.2) is 4.98 Å². The van der Waals surface area contributed by atoms with Gasteiger partial charge in [0.05, 0.1) is 12.6 Å². The predicted octanol–water partition coefficient (Wildman–Crippen LogP) is 1.44. The molecule has 5 heteroatoms. The van der Waals surface area contributed by atoms with E-state index in [0.29, 0.717) is 12.4 Å². The number of hydrogen-bond donors (Lipinski definition) is 0. The van der Waals surface area contributed by atoms with E-state index in [1.54, 1.807) is 11.1 Å². The van der Waals surface area contributed by atoms with Crippen LogP contribution in [0.5, 0.6) is 0 Å². The van der Waals surface area contributed by atoms with Crippen LogP contribution < -0.4 is 4.90 Å². The highest BCUT2D eigenvalue weighted by Gasteiger charge is 2.25. The van der Waals surface area contributed by atoms with Crippen LogP contribution in [0.4, 0.5) is 5.82 Å². The van der Waals surface area contributed by atoms with E-state index in [4.69, 9.17) is 4.74 Å². The predicted molar refractivity (Wildman–Crippen MR) is 64.7 cm³/mol. The summed E-state index contributed by atoms with van der Waals surface area (Å²) in [4.78, 5) is 17.5. The summed E-state index contributed by atoms with van der Waals surface area (Å²) in [6.45, 7) is 2.67. The van der Waals surface area contributed by atoms with Gasteiger partial charge in [0, 0.05) is 9.77 Å². The van der Waals surface area contributed by atoms with Crippen LogP contribution in [0.15, 0.2) is 18.3 Å². The molecule has 1 aliphatic heterocycles. The fraction of sp³-hybridized carbons (Fsp3) is 0.400. The normalized spacial score (nSPS) is 21.9. The SMILES string of the molecule is CC1CN(c2ccc(I)cn2)C(=O)CO1. The molecule has 2 rings (SSSR count). The van der Waals surface area contributed by atoms with Crippen molar-refractivity contribution >= 4 is 34.3 Å². The Morgan fingerprint density at radius 2 is 2.40 bits per heavy atom. The van der Waals surface area contributed by atoms with Crippen LogP contribution in [-0.4, -0.2) is 30.1 Å². The molecule has 0 N–H and O–H groups in total. The summed E-state index contributed by atoms with van der Waals surface area (Å²) in [6.07, 6.45) is 1.83. The Kier molecular flexibility index (Phi) is 3.20. The monoisotopic (exact) mass is 318 g/mol. The smallest absolute Gasteiger partial charge is 0.254 e. The molecular formula is C10H11IN2O2. The standard InChI is InChI=1S/C10H11IN2O2/c1-7-5-13(10(14)6-15-7)9-3-2-8(11)4-12-9/h2-4,7H,5-6H2,1H3. The first-order valence-electron chi connectivity index (χ1n) is 4.70. The third kappa shape index (κ3) is 2.46. The van der Waals surface area contributed by atoms with Crippen molar-refractivity contribution in [2.24, 2.45) is 0 Å². The first-order chi connectivity index (χ1) is 7.16. The molecule has 1 amide bonds.